The predicted molar refractivity (Wildman–Crippen MR) is 108 cm³/mol. The first-order valence-electron chi connectivity index (χ1n) is 9.36. The number of nitrogens with one attached hydrogen (secondary N) is 1. The van der Waals surface area contributed by atoms with E-state index >= 15 is 0 Å². The van der Waals surface area contributed by atoms with Gasteiger partial charge in [0.05, 0.1) is 18.1 Å². The average molecular weight is 379 g/mol. The molecule has 0 atom stereocenters. The zero-order chi connectivity index (χ0) is 20.1. The number of hydrogen-bond acceptors (Lipinski definition) is 4. The Labute approximate surface area is 164 Å². The summed E-state index contributed by atoms with van der Waals surface area (Å²) in [6.07, 6.45) is 1.37. The van der Waals surface area contributed by atoms with Gasteiger partial charge in [-0.2, -0.15) is 0 Å². The number of esters is 1. The van der Waals surface area contributed by atoms with Gasteiger partial charge in [0.2, 0.25) is 0 Å². The number of carbonyl (C=O) groups is 2. The Balaban J connectivity index is 1.64. The second-order valence-electron chi connectivity index (χ2n) is 6.86. The fraction of sp³-hybridized carbons (Fsp3) is 0.318. The van der Waals surface area contributed by atoms with Crippen LogP contribution in [0.5, 0.6) is 0 Å². The van der Waals surface area contributed by atoms with Crippen molar-refractivity contribution in [2.45, 2.75) is 33.2 Å². The predicted octanol–water partition coefficient (Wildman–Crippen LogP) is 3.19. The van der Waals surface area contributed by atoms with E-state index in [1.54, 1.807) is 0 Å². The van der Waals surface area contributed by atoms with Crippen LogP contribution in [0.25, 0.3) is 11.0 Å². The van der Waals surface area contributed by atoms with E-state index in [0.717, 1.165) is 34.4 Å². The van der Waals surface area contributed by atoms with Gasteiger partial charge in [0.1, 0.15) is 12.4 Å². The lowest BCUT2D eigenvalue weighted by molar-refractivity contribution is -0.141. The van der Waals surface area contributed by atoms with Gasteiger partial charge in [-0.3, -0.25) is 9.59 Å². The number of fused-ring (bicyclic) bond motifs is 1. The Bertz CT molecular complexity index is 1010. The van der Waals surface area contributed by atoms with Crippen LogP contribution in [-0.2, 0) is 22.5 Å². The molecule has 1 amide bonds. The van der Waals surface area contributed by atoms with Gasteiger partial charge < -0.3 is 14.6 Å². The molecule has 0 bridgehead atoms. The number of benzene rings is 2. The molecule has 6 nitrogen and oxygen atoms in total. The van der Waals surface area contributed by atoms with Crippen molar-refractivity contribution in [3.05, 3.63) is 65.0 Å². The summed E-state index contributed by atoms with van der Waals surface area (Å²) in [6, 6.07) is 13.5. The van der Waals surface area contributed by atoms with Gasteiger partial charge in [-0.15, -0.1) is 0 Å². The third-order valence-electron chi connectivity index (χ3n) is 4.74. The molecular formula is C22H25N3O3. The van der Waals surface area contributed by atoms with Gasteiger partial charge in [0.25, 0.3) is 5.91 Å². The van der Waals surface area contributed by atoms with Gasteiger partial charge in [0, 0.05) is 18.5 Å². The van der Waals surface area contributed by atoms with Gasteiger partial charge in [0.15, 0.2) is 0 Å². The molecular weight excluding hydrogens is 354 g/mol. The molecule has 6 heteroatoms. The number of rotatable bonds is 7. The van der Waals surface area contributed by atoms with E-state index in [-0.39, 0.29) is 18.4 Å². The summed E-state index contributed by atoms with van der Waals surface area (Å²) in [4.78, 5) is 28.8. The number of aromatic nitrogens is 2. The van der Waals surface area contributed by atoms with Gasteiger partial charge >= 0.3 is 5.97 Å². The maximum atomic E-state index is 12.4. The molecule has 3 rings (SSSR count). The van der Waals surface area contributed by atoms with Crippen LogP contribution in [0.1, 0.15) is 33.7 Å². The number of methoxy groups -OCH3 is 1. The molecule has 0 fully saturated rings. The largest absolute Gasteiger partial charge is 0.468 e. The third kappa shape index (κ3) is 4.39. The molecule has 1 heterocycles. The Morgan fingerprint density at radius 1 is 1.14 bits per heavy atom. The monoisotopic (exact) mass is 379 g/mol. The van der Waals surface area contributed by atoms with Crippen LogP contribution < -0.4 is 5.32 Å². The molecule has 0 saturated heterocycles. The molecule has 0 aliphatic carbocycles. The number of carbonyl (C=O) groups excluding carboxylic acids is 2. The van der Waals surface area contributed by atoms with Crippen molar-refractivity contribution in [1.29, 1.82) is 0 Å². The van der Waals surface area contributed by atoms with Crippen molar-refractivity contribution < 1.29 is 14.3 Å². The zero-order valence-electron chi connectivity index (χ0n) is 16.5. The lowest BCUT2D eigenvalue weighted by Gasteiger charge is -2.10. The highest BCUT2D eigenvalue weighted by atomic mass is 16.5. The SMILES string of the molecule is COC(=O)Cn1c(CCCNC(=O)c2ccc(C)cc2C)nc2ccccc21. The number of amides is 1. The molecule has 3 aromatic rings. The summed E-state index contributed by atoms with van der Waals surface area (Å²) < 4.78 is 6.69. The number of ether oxygens (including phenoxy) is 1. The van der Waals surface area contributed by atoms with E-state index in [4.69, 9.17) is 4.74 Å². The van der Waals surface area contributed by atoms with E-state index < -0.39 is 0 Å². The summed E-state index contributed by atoms with van der Waals surface area (Å²) >= 11 is 0. The fourth-order valence-electron chi connectivity index (χ4n) is 3.30. The molecule has 0 aliphatic rings. The third-order valence-corrected chi connectivity index (χ3v) is 4.74. The summed E-state index contributed by atoms with van der Waals surface area (Å²) in [5, 5.41) is 2.97. The molecule has 0 saturated carbocycles. The molecule has 1 aromatic heterocycles. The van der Waals surface area contributed by atoms with Crippen molar-refractivity contribution in [3.63, 3.8) is 0 Å². The second kappa shape index (κ2) is 8.69. The van der Waals surface area contributed by atoms with Gasteiger partial charge in [-0.25, -0.2) is 4.98 Å². The van der Waals surface area contributed by atoms with Crippen molar-refractivity contribution >= 4 is 22.9 Å². The number of aryl methyl sites for hydroxylation is 3. The number of imidazole rings is 1. The maximum Gasteiger partial charge on any atom is 0.325 e. The first kappa shape index (κ1) is 19.6. The van der Waals surface area contributed by atoms with E-state index in [2.05, 4.69) is 10.3 Å². The quantitative estimate of drug-likeness (QED) is 0.505. The lowest BCUT2D eigenvalue weighted by Crippen LogP contribution is -2.25. The highest BCUT2D eigenvalue weighted by Crippen LogP contribution is 2.17. The Kier molecular flexibility index (Phi) is 6.09. The minimum Gasteiger partial charge on any atom is -0.468 e. The summed E-state index contributed by atoms with van der Waals surface area (Å²) in [5.41, 5.74) is 4.56. The summed E-state index contributed by atoms with van der Waals surface area (Å²) in [7, 11) is 1.38. The van der Waals surface area contributed by atoms with Crippen LogP contribution in [0.2, 0.25) is 0 Å². The number of hydrogen-bond donors (Lipinski definition) is 1. The first-order valence-corrected chi connectivity index (χ1v) is 9.36. The fourth-order valence-corrected chi connectivity index (χ4v) is 3.30. The number of para-hydroxylation sites is 2. The van der Waals surface area contributed by atoms with E-state index in [0.29, 0.717) is 18.5 Å². The molecule has 2 aromatic carbocycles. The Morgan fingerprint density at radius 2 is 1.93 bits per heavy atom. The minimum atomic E-state index is -0.312. The van der Waals surface area contributed by atoms with Gasteiger partial charge in [-0.05, 0) is 44.0 Å². The smallest absolute Gasteiger partial charge is 0.325 e. The van der Waals surface area contributed by atoms with Crippen LogP contribution in [0.4, 0.5) is 0 Å². The van der Waals surface area contributed by atoms with E-state index in [1.807, 2.05) is 60.9 Å². The van der Waals surface area contributed by atoms with Crippen LogP contribution in [-0.4, -0.2) is 35.1 Å². The normalized spacial score (nSPS) is 10.8. The van der Waals surface area contributed by atoms with E-state index in [1.165, 1.54) is 7.11 Å². The Morgan fingerprint density at radius 3 is 2.68 bits per heavy atom. The van der Waals surface area contributed by atoms with Crippen molar-refractivity contribution in [3.8, 4) is 0 Å². The zero-order valence-corrected chi connectivity index (χ0v) is 16.5. The molecule has 0 spiro atoms. The summed E-state index contributed by atoms with van der Waals surface area (Å²) in [6.45, 7) is 4.61. The summed E-state index contributed by atoms with van der Waals surface area (Å²) in [5.74, 6) is 0.431. The Hall–Kier alpha value is -3.15. The lowest BCUT2D eigenvalue weighted by atomic mass is 10.1. The van der Waals surface area contributed by atoms with Crippen molar-refractivity contribution in [2.24, 2.45) is 0 Å². The van der Waals surface area contributed by atoms with Crippen LogP contribution in [0, 0.1) is 13.8 Å². The molecule has 0 aliphatic heterocycles. The van der Waals surface area contributed by atoms with E-state index in [9.17, 15) is 9.59 Å². The standard InChI is InChI=1S/C22H25N3O3/c1-15-10-11-17(16(2)13-15)22(27)23-12-6-9-20-24-18-7-4-5-8-19(18)25(20)14-21(26)28-3/h4-5,7-8,10-11,13H,6,9,12,14H2,1-3H3,(H,23,27). The highest BCUT2D eigenvalue weighted by molar-refractivity contribution is 5.95. The van der Waals surface area contributed by atoms with Crippen LogP contribution in [0.3, 0.4) is 0 Å². The minimum absolute atomic E-state index is 0.0689. The maximum absolute atomic E-state index is 12.4. The average Bonchev–Trinajstić information content (AvgIpc) is 3.02. The molecule has 0 unspecified atom stereocenters. The van der Waals surface area contributed by atoms with Crippen molar-refractivity contribution in [1.82, 2.24) is 14.9 Å². The highest BCUT2D eigenvalue weighted by Gasteiger charge is 2.14. The van der Waals surface area contributed by atoms with Gasteiger partial charge in [-0.1, -0.05) is 29.8 Å². The van der Waals surface area contributed by atoms with Crippen molar-refractivity contribution in [2.75, 3.05) is 13.7 Å². The molecule has 146 valence electrons. The molecule has 0 radical (unpaired) electrons. The molecule has 1 N–H and O–H groups in total. The molecule has 28 heavy (non-hydrogen) atoms. The first-order chi connectivity index (χ1) is 13.5. The number of nitrogens with zero attached hydrogens (tertiary/aromatic N) is 2. The topological polar surface area (TPSA) is 73.2 Å². The van der Waals surface area contributed by atoms with Crippen LogP contribution >= 0.6 is 0 Å². The van der Waals surface area contributed by atoms with Crippen LogP contribution in [0.15, 0.2) is 42.5 Å². The second-order valence-corrected chi connectivity index (χ2v) is 6.86.